The van der Waals surface area contributed by atoms with E-state index < -0.39 is 11.0 Å². The van der Waals surface area contributed by atoms with Gasteiger partial charge < -0.3 is 14.5 Å². The van der Waals surface area contributed by atoms with Crippen molar-refractivity contribution in [2.75, 3.05) is 25.0 Å². The topological polar surface area (TPSA) is 49.9 Å². The highest BCUT2D eigenvalue weighted by atomic mass is 79.9. The molecule has 2 heterocycles. The van der Waals surface area contributed by atoms with Crippen LogP contribution in [0.15, 0.2) is 22.7 Å². The lowest BCUT2D eigenvalue weighted by atomic mass is 9.75. The minimum atomic E-state index is -0.664. The second kappa shape index (κ2) is 5.76. The molecule has 2 amide bonds. The van der Waals surface area contributed by atoms with Crippen molar-refractivity contribution < 1.29 is 14.3 Å². The van der Waals surface area contributed by atoms with Gasteiger partial charge in [-0.1, -0.05) is 15.9 Å². The van der Waals surface area contributed by atoms with Crippen LogP contribution in [0.25, 0.3) is 0 Å². The zero-order chi connectivity index (χ0) is 17.7. The predicted molar refractivity (Wildman–Crippen MR) is 96.3 cm³/mol. The summed E-state index contributed by atoms with van der Waals surface area (Å²) in [5, 5.41) is 0. The molecule has 1 aromatic rings. The van der Waals surface area contributed by atoms with E-state index in [1.807, 2.05) is 39.0 Å². The van der Waals surface area contributed by atoms with Gasteiger partial charge in [0.05, 0.1) is 5.41 Å². The number of ether oxygens (including phenoxy) is 1. The van der Waals surface area contributed by atoms with E-state index in [0.717, 1.165) is 28.6 Å². The maximum absolute atomic E-state index is 13.0. The Morgan fingerprint density at radius 2 is 2.04 bits per heavy atom. The van der Waals surface area contributed by atoms with Gasteiger partial charge in [0.2, 0.25) is 5.91 Å². The van der Waals surface area contributed by atoms with E-state index in [2.05, 4.69) is 15.9 Å². The van der Waals surface area contributed by atoms with Crippen molar-refractivity contribution >= 4 is 33.6 Å². The number of benzene rings is 1. The molecule has 0 N–H and O–H groups in total. The Bertz CT molecular complexity index is 698. The third kappa shape index (κ3) is 2.81. The average molecular weight is 395 g/mol. The Labute approximate surface area is 151 Å². The molecule has 2 aliphatic heterocycles. The molecule has 1 atom stereocenters. The minimum absolute atomic E-state index is 0.0591. The SMILES string of the molecule is CN1C(=O)C2(CCCN(C(=O)OC(C)(C)C)C2)c2cc(Br)ccc21. The van der Waals surface area contributed by atoms with Gasteiger partial charge in [-0.3, -0.25) is 4.79 Å². The summed E-state index contributed by atoms with van der Waals surface area (Å²) >= 11 is 3.50. The second-order valence-electron chi connectivity index (χ2n) is 7.61. The van der Waals surface area contributed by atoms with Gasteiger partial charge >= 0.3 is 6.09 Å². The Balaban J connectivity index is 1.95. The average Bonchev–Trinajstić information content (AvgIpc) is 2.68. The molecule has 1 aromatic carbocycles. The summed E-state index contributed by atoms with van der Waals surface area (Å²) < 4.78 is 6.45. The van der Waals surface area contributed by atoms with Gasteiger partial charge in [-0.2, -0.15) is 0 Å². The van der Waals surface area contributed by atoms with Crippen LogP contribution in [0.2, 0.25) is 0 Å². The highest BCUT2D eigenvalue weighted by molar-refractivity contribution is 9.10. The number of amides is 2. The van der Waals surface area contributed by atoms with Crippen LogP contribution < -0.4 is 4.90 Å². The Morgan fingerprint density at radius 3 is 2.71 bits per heavy atom. The van der Waals surface area contributed by atoms with Gasteiger partial charge in [0.25, 0.3) is 0 Å². The molecule has 0 radical (unpaired) electrons. The molecule has 3 rings (SSSR count). The largest absolute Gasteiger partial charge is 0.444 e. The first-order chi connectivity index (χ1) is 11.1. The quantitative estimate of drug-likeness (QED) is 0.673. The zero-order valence-corrected chi connectivity index (χ0v) is 16.1. The molecule has 0 saturated carbocycles. The van der Waals surface area contributed by atoms with Crippen LogP contribution in [0.4, 0.5) is 10.5 Å². The van der Waals surface area contributed by atoms with Crippen molar-refractivity contribution in [1.82, 2.24) is 4.90 Å². The van der Waals surface area contributed by atoms with Gasteiger partial charge in [-0.05, 0) is 57.4 Å². The normalized spacial score (nSPS) is 23.6. The summed E-state index contributed by atoms with van der Waals surface area (Å²) in [6.45, 7) is 6.55. The number of likely N-dealkylation sites (tertiary alicyclic amines) is 1. The molecule has 1 saturated heterocycles. The predicted octanol–water partition coefficient (Wildman–Crippen LogP) is 3.69. The lowest BCUT2D eigenvalue weighted by molar-refractivity contribution is -0.124. The monoisotopic (exact) mass is 394 g/mol. The van der Waals surface area contributed by atoms with E-state index >= 15 is 0 Å². The Morgan fingerprint density at radius 1 is 1.33 bits per heavy atom. The first-order valence-corrected chi connectivity index (χ1v) is 8.99. The molecule has 24 heavy (non-hydrogen) atoms. The summed E-state index contributed by atoms with van der Waals surface area (Å²) in [7, 11) is 1.80. The maximum atomic E-state index is 13.0. The number of halogens is 1. The van der Waals surface area contributed by atoms with Crippen LogP contribution in [0.1, 0.15) is 39.2 Å². The molecule has 5 nitrogen and oxygen atoms in total. The summed E-state index contributed by atoms with van der Waals surface area (Å²) in [6.07, 6.45) is 1.18. The number of rotatable bonds is 0. The summed E-state index contributed by atoms with van der Waals surface area (Å²) in [5.74, 6) is 0.0591. The Hall–Kier alpha value is -1.56. The molecule has 1 unspecified atom stereocenters. The maximum Gasteiger partial charge on any atom is 0.410 e. The van der Waals surface area contributed by atoms with Crippen molar-refractivity contribution in [3.8, 4) is 0 Å². The fourth-order valence-corrected chi connectivity index (χ4v) is 4.02. The lowest BCUT2D eigenvalue weighted by Crippen LogP contribution is -2.53. The van der Waals surface area contributed by atoms with E-state index in [-0.39, 0.29) is 12.0 Å². The number of hydrogen-bond donors (Lipinski definition) is 0. The second-order valence-corrected chi connectivity index (χ2v) is 8.53. The number of nitrogens with zero attached hydrogens (tertiary/aromatic N) is 2. The number of likely N-dealkylation sites (N-methyl/N-ethyl adjacent to an activating group) is 1. The van der Waals surface area contributed by atoms with Crippen LogP contribution in [0.3, 0.4) is 0 Å². The summed E-state index contributed by atoms with van der Waals surface area (Å²) in [6, 6.07) is 5.91. The van der Waals surface area contributed by atoms with Crippen molar-refractivity contribution in [3.05, 3.63) is 28.2 Å². The molecule has 6 heteroatoms. The van der Waals surface area contributed by atoms with E-state index in [1.165, 1.54) is 0 Å². The molecule has 0 bridgehead atoms. The molecule has 2 aliphatic rings. The number of anilines is 1. The number of carbonyl (C=O) groups is 2. The molecule has 1 spiro atoms. The molecule has 1 fully saturated rings. The smallest absolute Gasteiger partial charge is 0.410 e. The third-order valence-electron chi connectivity index (χ3n) is 4.69. The van der Waals surface area contributed by atoms with Crippen molar-refractivity contribution in [2.24, 2.45) is 0 Å². The number of fused-ring (bicyclic) bond motifs is 2. The molecular weight excluding hydrogens is 372 g/mol. The number of piperidine rings is 1. The van der Waals surface area contributed by atoms with Crippen molar-refractivity contribution in [1.29, 1.82) is 0 Å². The van der Waals surface area contributed by atoms with Crippen LogP contribution in [0, 0.1) is 0 Å². The lowest BCUT2D eigenvalue weighted by Gasteiger charge is -2.39. The highest BCUT2D eigenvalue weighted by Gasteiger charge is 2.52. The number of hydrogen-bond acceptors (Lipinski definition) is 3. The first-order valence-electron chi connectivity index (χ1n) is 8.20. The zero-order valence-electron chi connectivity index (χ0n) is 14.6. The van der Waals surface area contributed by atoms with Crippen LogP contribution in [0.5, 0.6) is 0 Å². The van der Waals surface area contributed by atoms with Gasteiger partial charge in [0.1, 0.15) is 5.60 Å². The highest BCUT2D eigenvalue weighted by Crippen LogP contribution is 2.47. The molecule has 130 valence electrons. The van der Waals surface area contributed by atoms with Gasteiger partial charge in [0.15, 0.2) is 0 Å². The van der Waals surface area contributed by atoms with Crippen molar-refractivity contribution in [3.63, 3.8) is 0 Å². The molecule has 0 aliphatic carbocycles. The van der Waals surface area contributed by atoms with Gasteiger partial charge in [0, 0.05) is 30.3 Å². The van der Waals surface area contributed by atoms with E-state index in [4.69, 9.17) is 4.74 Å². The van der Waals surface area contributed by atoms with Crippen molar-refractivity contribution in [2.45, 2.75) is 44.6 Å². The first kappa shape index (κ1) is 17.3. The standard InChI is InChI=1S/C18H23BrN2O3/c1-17(2,3)24-16(23)21-9-5-8-18(11-21)13-10-12(19)6-7-14(13)20(4)15(18)22/h6-7,10H,5,8-9,11H2,1-4H3. The summed E-state index contributed by atoms with van der Waals surface area (Å²) in [4.78, 5) is 28.9. The van der Waals surface area contributed by atoms with E-state index in [0.29, 0.717) is 13.1 Å². The fraction of sp³-hybridized carbons (Fsp3) is 0.556. The minimum Gasteiger partial charge on any atom is -0.444 e. The number of carbonyl (C=O) groups excluding carboxylic acids is 2. The third-order valence-corrected chi connectivity index (χ3v) is 5.19. The molecule has 0 aromatic heterocycles. The van der Waals surface area contributed by atoms with E-state index in [1.54, 1.807) is 16.8 Å². The van der Waals surface area contributed by atoms with Crippen LogP contribution >= 0.6 is 15.9 Å². The fourth-order valence-electron chi connectivity index (χ4n) is 3.66. The van der Waals surface area contributed by atoms with Crippen LogP contribution in [-0.4, -0.2) is 42.6 Å². The molecular formula is C18H23BrN2O3. The van der Waals surface area contributed by atoms with Gasteiger partial charge in [-0.25, -0.2) is 4.79 Å². The Kier molecular flexibility index (Phi) is 4.14. The van der Waals surface area contributed by atoms with E-state index in [9.17, 15) is 9.59 Å². The summed E-state index contributed by atoms with van der Waals surface area (Å²) in [5.41, 5.74) is 0.717. The van der Waals surface area contributed by atoms with Gasteiger partial charge in [-0.15, -0.1) is 0 Å². The van der Waals surface area contributed by atoms with Crippen LogP contribution in [-0.2, 0) is 14.9 Å².